The summed E-state index contributed by atoms with van der Waals surface area (Å²) in [6, 6.07) is 11.5. The third-order valence-corrected chi connectivity index (χ3v) is 4.92. The number of carbonyl (C=O) groups excluding carboxylic acids is 1. The largest absolute Gasteiger partial charge is 0.484 e. The van der Waals surface area contributed by atoms with E-state index in [1.54, 1.807) is 13.1 Å². The minimum atomic E-state index is -0.0123. The maximum atomic E-state index is 12.6. The highest BCUT2D eigenvalue weighted by Gasteiger charge is 2.25. The van der Waals surface area contributed by atoms with E-state index in [0.29, 0.717) is 38.0 Å². The van der Waals surface area contributed by atoms with Crippen molar-refractivity contribution < 1.29 is 13.9 Å². The zero-order valence-electron chi connectivity index (χ0n) is 16.5. The Morgan fingerprint density at radius 1 is 1.07 bits per heavy atom. The molecule has 1 fully saturated rings. The quantitative estimate of drug-likeness (QED) is 0.658. The molecule has 1 saturated heterocycles. The second-order valence-corrected chi connectivity index (χ2v) is 6.92. The molecule has 0 atom stereocenters. The number of pyridine rings is 1. The summed E-state index contributed by atoms with van der Waals surface area (Å²) >= 11 is 0. The van der Waals surface area contributed by atoms with Gasteiger partial charge in [0.15, 0.2) is 6.61 Å². The lowest BCUT2D eigenvalue weighted by Gasteiger charge is -2.35. The normalized spacial score (nSPS) is 14.1. The molecule has 8 heteroatoms. The summed E-state index contributed by atoms with van der Waals surface area (Å²) < 4.78 is 11.3. The number of piperazine rings is 1. The molecular weight excluding hydrogens is 370 g/mol. The van der Waals surface area contributed by atoms with Crippen molar-refractivity contribution in [3.05, 3.63) is 54.0 Å². The Labute approximate surface area is 169 Å². The first kappa shape index (κ1) is 18.9. The smallest absolute Gasteiger partial charge is 0.260 e. The van der Waals surface area contributed by atoms with Gasteiger partial charge in [-0.2, -0.15) is 0 Å². The molecule has 2 aromatic heterocycles. The molecule has 150 valence electrons. The predicted molar refractivity (Wildman–Crippen MR) is 108 cm³/mol. The molecule has 4 rings (SSSR count). The van der Waals surface area contributed by atoms with Crippen LogP contribution < -0.4 is 9.64 Å². The lowest BCUT2D eigenvalue weighted by molar-refractivity contribution is -0.133. The fourth-order valence-corrected chi connectivity index (χ4v) is 3.34. The van der Waals surface area contributed by atoms with Gasteiger partial charge in [-0.05, 0) is 30.7 Å². The summed E-state index contributed by atoms with van der Waals surface area (Å²) in [5.41, 5.74) is 1.82. The topological polar surface area (TPSA) is 84.6 Å². The van der Waals surface area contributed by atoms with Gasteiger partial charge < -0.3 is 19.0 Å². The standard InChI is InChI=1S/C21H23N5O3/c1-15-6-3-4-8-18(15)28-14-19(27)25-10-12-26(13-11-25)20-17(7-5-9-22-20)21-24-23-16(2)29-21/h3-9H,10-14H2,1-2H3. The Bertz CT molecular complexity index is 995. The highest BCUT2D eigenvalue weighted by molar-refractivity contribution is 5.78. The predicted octanol–water partition coefficient (Wildman–Crippen LogP) is 2.48. The molecule has 0 unspecified atom stereocenters. The van der Waals surface area contributed by atoms with Gasteiger partial charge in [-0.1, -0.05) is 18.2 Å². The van der Waals surface area contributed by atoms with E-state index in [4.69, 9.17) is 9.15 Å². The number of hydrogen-bond acceptors (Lipinski definition) is 7. The third kappa shape index (κ3) is 4.21. The molecule has 0 saturated carbocycles. The molecule has 3 heterocycles. The van der Waals surface area contributed by atoms with E-state index in [-0.39, 0.29) is 12.5 Å². The SMILES string of the molecule is Cc1nnc(-c2cccnc2N2CCN(C(=O)COc3ccccc3C)CC2)o1. The van der Waals surface area contributed by atoms with E-state index in [0.717, 1.165) is 22.7 Å². The summed E-state index contributed by atoms with van der Waals surface area (Å²) in [7, 11) is 0. The van der Waals surface area contributed by atoms with Gasteiger partial charge >= 0.3 is 0 Å². The number of aromatic nitrogens is 3. The monoisotopic (exact) mass is 393 g/mol. The van der Waals surface area contributed by atoms with Crippen LogP contribution in [-0.4, -0.2) is 58.8 Å². The first-order chi connectivity index (χ1) is 14.1. The third-order valence-electron chi connectivity index (χ3n) is 4.92. The number of para-hydroxylation sites is 1. The lowest BCUT2D eigenvalue weighted by atomic mass is 10.2. The van der Waals surface area contributed by atoms with Crippen LogP contribution in [0, 0.1) is 13.8 Å². The zero-order valence-corrected chi connectivity index (χ0v) is 16.5. The van der Waals surface area contributed by atoms with Crippen molar-refractivity contribution in [2.24, 2.45) is 0 Å². The molecular formula is C21H23N5O3. The average Bonchev–Trinajstić information content (AvgIpc) is 3.19. The van der Waals surface area contributed by atoms with Crippen LogP contribution in [0.3, 0.4) is 0 Å². The van der Waals surface area contributed by atoms with Crippen molar-refractivity contribution in [3.8, 4) is 17.2 Å². The van der Waals surface area contributed by atoms with Gasteiger partial charge in [-0.25, -0.2) is 4.98 Å². The number of anilines is 1. The van der Waals surface area contributed by atoms with E-state index in [2.05, 4.69) is 20.1 Å². The summed E-state index contributed by atoms with van der Waals surface area (Å²) in [6.07, 6.45) is 1.75. The molecule has 1 aliphatic rings. The highest BCUT2D eigenvalue weighted by atomic mass is 16.5. The fraction of sp³-hybridized carbons (Fsp3) is 0.333. The van der Waals surface area contributed by atoms with Crippen LogP contribution in [-0.2, 0) is 4.79 Å². The zero-order chi connectivity index (χ0) is 20.2. The van der Waals surface area contributed by atoms with Crippen LogP contribution in [0.2, 0.25) is 0 Å². The number of benzene rings is 1. The van der Waals surface area contributed by atoms with E-state index < -0.39 is 0 Å². The number of ether oxygens (including phenoxy) is 1. The number of carbonyl (C=O) groups is 1. The maximum absolute atomic E-state index is 12.6. The average molecular weight is 393 g/mol. The summed E-state index contributed by atoms with van der Waals surface area (Å²) in [5, 5.41) is 8.02. The molecule has 3 aromatic rings. The van der Waals surface area contributed by atoms with Gasteiger partial charge in [0.05, 0.1) is 5.56 Å². The summed E-state index contributed by atoms with van der Waals surface area (Å²) in [6.45, 7) is 6.33. The first-order valence-electron chi connectivity index (χ1n) is 9.58. The number of nitrogens with zero attached hydrogens (tertiary/aromatic N) is 5. The molecule has 29 heavy (non-hydrogen) atoms. The Morgan fingerprint density at radius 2 is 1.86 bits per heavy atom. The number of aryl methyl sites for hydroxylation is 2. The molecule has 0 N–H and O–H groups in total. The lowest BCUT2D eigenvalue weighted by Crippen LogP contribution is -2.50. The fourth-order valence-electron chi connectivity index (χ4n) is 3.34. The van der Waals surface area contributed by atoms with Gasteiger partial charge in [0, 0.05) is 39.3 Å². The summed E-state index contributed by atoms with van der Waals surface area (Å²) in [5.74, 6) is 2.49. The van der Waals surface area contributed by atoms with Gasteiger partial charge in [-0.3, -0.25) is 4.79 Å². The minimum Gasteiger partial charge on any atom is -0.484 e. The molecule has 8 nitrogen and oxygen atoms in total. The van der Waals surface area contributed by atoms with Crippen molar-refractivity contribution >= 4 is 11.7 Å². The number of rotatable bonds is 5. The van der Waals surface area contributed by atoms with E-state index in [9.17, 15) is 4.79 Å². The van der Waals surface area contributed by atoms with Crippen molar-refractivity contribution in [3.63, 3.8) is 0 Å². The summed E-state index contributed by atoms with van der Waals surface area (Å²) in [4.78, 5) is 21.0. The van der Waals surface area contributed by atoms with Crippen LogP contribution in [0.25, 0.3) is 11.5 Å². The molecule has 1 aromatic carbocycles. The first-order valence-corrected chi connectivity index (χ1v) is 9.58. The van der Waals surface area contributed by atoms with Crippen molar-refractivity contribution in [1.29, 1.82) is 0 Å². The second kappa shape index (κ2) is 8.30. The van der Waals surface area contributed by atoms with Gasteiger partial charge in [0.2, 0.25) is 5.89 Å². The van der Waals surface area contributed by atoms with Crippen LogP contribution in [0.1, 0.15) is 11.5 Å². The minimum absolute atomic E-state index is 0.0123. The molecule has 1 aliphatic heterocycles. The molecule has 1 amide bonds. The van der Waals surface area contributed by atoms with Crippen LogP contribution in [0.5, 0.6) is 5.75 Å². The Morgan fingerprint density at radius 3 is 2.59 bits per heavy atom. The molecule has 0 bridgehead atoms. The maximum Gasteiger partial charge on any atom is 0.260 e. The van der Waals surface area contributed by atoms with Crippen LogP contribution >= 0.6 is 0 Å². The molecule has 0 spiro atoms. The number of amides is 1. The van der Waals surface area contributed by atoms with Crippen molar-refractivity contribution in [2.75, 3.05) is 37.7 Å². The van der Waals surface area contributed by atoms with Crippen LogP contribution in [0.15, 0.2) is 47.0 Å². The van der Waals surface area contributed by atoms with Crippen LogP contribution in [0.4, 0.5) is 5.82 Å². The van der Waals surface area contributed by atoms with Crippen molar-refractivity contribution in [1.82, 2.24) is 20.1 Å². The molecule has 0 radical (unpaired) electrons. The molecule has 0 aliphatic carbocycles. The van der Waals surface area contributed by atoms with Crippen molar-refractivity contribution in [2.45, 2.75) is 13.8 Å². The number of hydrogen-bond donors (Lipinski definition) is 0. The Kier molecular flexibility index (Phi) is 5.41. The van der Waals surface area contributed by atoms with E-state index in [1.165, 1.54) is 0 Å². The van der Waals surface area contributed by atoms with E-state index >= 15 is 0 Å². The van der Waals surface area contributed by atoms with Gasteiger partial charge in [0.1, 0.15) is 11.6 Å². The highest BCUT2D eigenvalue weighted by Crippen LogP contribution is 2.28. The van der Waals surface area contributed by atoms with E-state index in [1.807, 2.05) is 48.2 Å². The van der Waals surface area contributed by atoms with Gasteiger partial charge in [0.25, 0.3) is 11.8 Å². The second-order valence-electron chi connectivity index (χ2n) is 6.92. The van der Waals surface area contributed by atoms with Gasteiger partial charge in [-0.15, -0.1) is 10.2 Å². The Hall–Kier alpha value is -3.42. The Balaban J connectivity index is 1.37.